The number of ether oxygens (including phenoxy) is 1. The van der Waals surface area contributed by atoms with E-state index in [1.165, 1.54) is 17.6 Å². The Labute approximate surface area is 151 Å². The second kappa shape index (κ2) is 6.95. The summed E-state index contributed by atoms with van der Waals surface area (Å²) in [6.45, 7) is 1.51. The van der Waals surface area contributed by atoms with E-state index in [1.54, 1.807) is 0 Å². The van der Waals surface area contributed by atoms with Gasteiger partial charge in [-0.15, -0.1) is 0 Å². The van der Waals surface area contributed by atoms with Gasteiger partial charge in [0, 0.05) is 29.6 Å². The summed E-state index contributed by atoms with van der Waals surface area (Å²) >= 11 is 0. The van der Waals surface area contributed by atoms with Gasteiger partial charge >= 0.3 is 5.97 Å². The quantitative estimate of drug-likeness (QED) is 0.625. The van der Waals surface area contributed by atoms with Crippen molar-refractivity contribution in [2.75, 3.05) is 6.61 Å². The molecule has 0 spiro atoms. The van der Waals surface area contributed by atoms with E-state index in [2.05, 4.69) is 0 Å². The summed E-state index contributed by atoms with van der Waals surface area (Å²) in [5, 5.41) is 10.1. The first kappa shape index (κ1) is 19.3. The molecule has 0 fully saturated rings. The molecule has 9 heteroatoms. The first-order valence-electron chi connectivity index (χ1n) is 8.22. The Morgan fingerprint density at radius 1 is 1.41 bits per heavy atom. The molecule has 1 aliphatic rings. The fourth-order valence-electron chi connectivity index (χ4n) is 3.21. The van der Waals surface area contributed by atoms with Crippen molar-refractivity contribution in [2.45, 2.75) is 38.2 Å². The number of benzene rings is 1. The summed E-state index contributed by atoms with van der Waals surface area (Å²) in [5.74, 6) is -5.47. The number of aromatic nitrogens is 1. The van der Waals surface area contributed by atoms with E-state index in [-0.39, 0.29) is 35.5 Å². The van der Waals surface area contributed by atoms with Gasteiger partial charge in [0.1, 0.15) is 11.9 Å². The lowest BCUT2D eigenvalue weighted by Crippen LogP contribution is -2.33. The van der Waals surface area contributed by atoms with Crippen LogP contribution in [-0.4, -0.2) is 28.2 Å². The van der Waals surface area contributed by atoms with Crippen LogP contribution in [0.4, 0.5) is 22.0 Å². The number of alkyl halides is 4. The summed E-state index contributed by atoms with van der Waals surface area (Å²) in [4.78, 5) is 12.2. The highest BCUT2D eigenvalue weighted by molar-refractivity contribution is 5.92. The van der Waals surface area contributed by atoms with Gasteiger partial charge in [-0.25, -0.2) is 26.7 Å². The van der Waals surface area contributed by atoms with Crippen molar-refractivity contribution >= 4 is 5.97 Å². The molecule has 0 radical (unpaired) electrons. The Bertz CT molecular complexity index is 878. The van der Waals surface area contributed by atoms with Gasteiger partial charge in [0.15, 0.2) is 0 Å². The lowest BCUT2D eigenvalue weighted by atomic mass is 9.89. The average molecular weight is 389 g/mol. The second-order valence-electron chi connectivity index (χ2n) is 6.16. The molecule has 2 aromatic rings. The van der Waals surface area contributed by atoms with E-state index < -0.39 is 42.2 Å². The second-order valence-corrected chi connectivity index (χ2v) is 6.16. The maximum atomic E-state index is 14.0. The third kappa shape index (κ3) is 3.31. The smallest absolute Gasteiger partial charge is 0.340 e. The molecule has 27 heavy (non-hydrogen) atoms. The lowest BCUT2D eigenvalue weighted by Gasteiger charge is -2.29. The number of hydrogen-bond donors (Lipinski definition) is 1. The number of fused-ring (bicyclic) bond motifs is 1. The number of aliphatic hydroxyl groups is 1. The van der Waals surface area contributed by atoms with Gasteiger partial charge in [0.05, 0.1) is 17.7 Å². The van der Waals surface area contributed by atoms with Gasteiger partial charge in [-0.2, -0.15) is 0 Å². The number of hydrogen-bond acceptors (Lipinski definition) is 3. The van der Waals surface area contributed by atoms with Gasteiger partial charge in [-0.05, 0) is 31.5 Å². The number of halogens is 5. The van der Waals surface area contributed by atoms with Gasteiger partial charge in [0.25, 0.3) is 12.3 Å². The number of carbonyl (C=O) groups is 1. The summed E-state index contributed by atoms with van der Waals surface area (Å²) in [5.41, 5.74) is -1.19. The molecule has 1 heterocycles. The molecular weight excluding hydrogens is 373 g/mol. The molecule has 1 aromatic carbocycles. The zero-order valence-corrected chi connectivity index (χ0v) is 14.2. The van der Waals surface area contributed by atoms with Crippen LogP contribution < -0.4 is 0 Å². The monoisotopic (exact) mass is 389 g/mol. The Morgan fingerprint density at radius 2 is 2.11 bits per heavy atom. The molecule has 0 aliphatic heterocycles. The fourth-order valence-corrected chi connectivity index (χ4v) is 3.21. The van der Waals surface area contributed by atoms with Gasteiger partial charge in [-0.3, -0.25) is 0 Å². The third-order valence-corrected chi connectivity index (χ3v) is 4.51. The zero-order valence-electron chi connectivity index (χ0n) is 14.2. The normalized spacial score (nSPS) is 18.4. The van der Waals surface area contributed by atoms with Gasteiger partial charge in [0.2, 0.25) is 0 Å². The van der Waals surface area contributed by atoms with Crippen LogP contribution >= 0.6 is 0 Å². The minimum absolute atomic E-state index is 0.0165. The summed E-state index contributed by atoms with van der Waals surface area (Å²) in [7, 11) is 0. The molecule has 3 rings (SSSR count). The van der Waals surface area contributed by atoms with Crippen LogP contribution in [-0.2, 0) is 11.2 Å². The van der Waals surface area contributed by atoms with Crippen LogP contribution in [0.15, 0.2) is 24.4 Å². The minimum atomic E-state index is -3.45. The standard InChI is InChI=1S/C18H16F5NO3/c1-2-27-17(26)11-8-24(9-3-4-12(19)10(7-9)16(20)21)13-5-6-18(22,23)15(25)14(11)13/h3-4,7-8,15-16,25H,2,5-6H2,1H3/t15-/m0/s1. The van der Waals surface area contributed by atoms with Crippen molar-refractivity contribution in [3.8, 4) is 5.69 Å². The van der Waals surface area contributed by atoms with E-state index in [0.717, 1.165) is 18.3 Å². The first-order valence-corrected chi connectivity index (χ1v) is 8.22. The molecular formula is C18H16F5NO3. The number of nitrogens with zero attached hydrogens (tertiary/aromatic N) is 1. The average Bonchev–Trinajstić information content (AvgIpc) is 2.99. The van der Waals surface area contributed by atoms with Crippen LogP contribution in [0.25, 0.3) is 5.69 Å². The largest absolute Gasteiger partial charge is 0.462 e. The summed E-state index contributed by atoms with van der Waals surface area (Å²) in [6.07, 6.45) is -5.06. The van der Waals surface area contributed by atoms with Crippen LogP contribution in [0.5, 0.6) is 0 Å². The SMILES string of the molecule is CCOC(=O)c1cn(-c2ccc(F)c(C(F)F)c2)c2c1[C@H](O)C(F)(F)CC2. The van der Waals surface area contributed by atoms with Crippen molar-refractivity contribution in [1.29, 1.82) is 0 Å². The zero-order chi connectivity index (χ0) is 19.9. The number of rotatable bonds is 4. The number of carbonyl (C=O) groups excluding carboxylic acids is 1. The molecule has 0 saturated carbocycles. The van der Waals surface area contributed by atoms with Crippen molar-refractivity contribution < 1.29 is 36.6 Å². The Hall–Kier alpha value is -2.42. The van der Waals surface area contributed by atoms with E-state index >= 15 is 0 Å². The van der Waals surface area contributed by atoms with Crippen molar-refractivity contribution in [2.24, 2.45) is 0 Å². The van der Waals surface area contributed by atoms with Gasteiger partial charge in [-0.1, -0.05) is 0 Å². The number of aliphatic hydroxyl groups excluding tert-OH is 1. The van der Waals surface area contributed by atoms with Crippen LogP contribution in [0.1, 0.15) is 53.1 Å². The summed E-state index contributed by atoms with van der Waals surface area (Å²) < 4.78 is 73.6. The molecule has 1 atom stereocenters. The predicted molar refractivity (Wildman–Crippen MR) is 84.9 cm³/mol. The highest BCUT2D eigenvalue weighted by Crippen LogP contribution is 2.44. The molecule has 1 aliphatic carbocycles. The number of esters is 1. The van der Waals surface area contributed by atoms with E-state index in [0.29, 0.717) is 0 Å². The summed E-state index contributed by atoms with van der Waals surface area (Å²) in [6, 6.07) is 2.91. The van der Waals surface area contributed by atoms with Crippen LogP contribution in [0.3, 0.4) is 0 Å². The van der Waals surface area contributed by atoms with Gasteiger partial charge < -0.3 is 14.4 Å². The maximum Gasteiger partial charge on any atom is 0.340 e. The highest BCUT2D eigenvalue weighted by atomic mass is 19.3. The predicted octanol–water partition coefficient (Wildman–Crippen LogP) is 4.35. The molecule has 0 unspecified atom stereocenters. The Balaban J connectivity index is 2.20. The third-order valence-electron chi connectivity index (χ3n) is 4.51. The molecule has 1 aromatic heterocycles. The molecule has 1 N–H and O–H groups in total. The highest BCUT2D eigenvalue weighted by Gasteiger charge is 2.47. The van der Waals surface area contributed by atoms with E-state index in [1.807, 2.05) is 0 Å². The fraction of sp³-hybridized carbons (Fsp3) is 0.389. The molecule has 4 nitrogen and oxygen atoms in total. The van der Waals surface area contributed by atoms with Crippen molar-refractivity contribution in [3.63, 3.8) is 0 Å². The Kier molecular flexibility index (Phi) is 4.98. The lowest BCUT2D eigenvalue weighted by molar-refractivity contribution is -0.122. The molecule has 0 amide bonds. The van der Waals surface area contributed by atoms with E-state index in [9.17, 15) is 31.9 Å². The van der Waals surface area contributed by atoms with Crippen molar-refractivity contribution in [1.82, 2.24) is 4.57 Å². The van der Waals surface area contributed by atoms with Crippen LogP contribution in [0.2, 0.25) is 0 Å². The first-order chi connectivity index (χ1) is 12.7. The Morgan fingerprint density at radius 3 is 2.74 bits per heavy atom. The molecule has 0 saturated heterocycles. The maximum absolute atomic E-state index is 14.0. The van der Waals surface area contributed by atoms with Crippen LogP contribution in [0, 0.1) is 5.82 Å². The van der Waals surface area contributed by atoms with E-state index in [4.69, 9.17) is 4.74 Å². The topological polar surface area (TPSA) is 51.5 Å². The van der Waals surface area contributed by atoms with Crippen molar-refractivity contribution in [3.05, 3.63) is 52.6 Å². The molecule has 0 bridgehead atoms. The molecule has 146 valence electrons. The minimum Gasteiger partial charge on any atom is -0.462 e.